The van der Waals surface area contributed by atoms with Gasteiger partial charge in [0.1, 0.15) is 11.6 Å². The number of nitrogens with zero attached hydrogens (tertiary/aromatic N) is 3. The number of halogens is 1. The molecule has 4 rings (SSSR count). The Morgan fingerprint density at radius 2 is 1.93 bits per heavy atom. The average Bonchev–Trinajstić information content (AvgIpc) is 3.09. The third-order valence-corrected chi connectivity index (χ3v) is 5.30. The third kappa shape index (κ3) is 3.26. The van der Waals surface area contributed by atoms with Crippen LogP contribution in [0.2, 0.25) is 0 Å². The molecule has 0 bridgehead atoms. The number of thioether (sulfide) groups is 1. The van der Waals surface area contributed by atoms with Gasteiger partial charge in [0, 0.05) is 17.0 Å². The Balaban J connectivity index is 1.70. The molecule has 0 saturated carbocycles. The lowest BCUT2D eigenvalue weighted by Crippen LogP contribution is -2.03. The van der Waals surface area contributed by atoms with E-state index in [-0.39, 0.29) is 17.4 Å². The molecule has 0 atom stereocenters. The summed E-state index contributed by atoms with van der Waals surface area (Å²) in [4.78, 5) is 12.4. The van der Waals surface area contributed by atoms with E-state index in [0.29, 0.717) is 16.4 Å². The highest BCUT2D eigenvalue weighted by Crippen LogP contribution is 2.28. The normalized spacial score (nSPS) is 11.2. The number of carbonyl (C=O) groups excluding carboxylic acids is 1. The summed E-state index contributed by atoms with van der Waals surface area (Å²) < 4.78 is 20.3. The van der Waals surface area contributed by atoms with Gasteiger partial charge >= 0.3 is 0 Å². The Morgan fingerprint density at radius 3 is 2.67 bits per heavy atom. The third-order valence-electron chi connectivity index (χ3n) is 4.37. The summed E-state index contributed by atoms with van der Waals surface area (Å²) in [5.41, 5.74) is 3.20. The van der Waals surface area contributed by atoms with Gasteiger partial charge < -0.3 is 4.74 Å². The molecule has 5 nitrogen and oxygen atoms in total. The predicted octanol–water partition coefficient (Wildman–Crippen LogP) is 4.31. The first-order valence-corrected chi connectivity index (χ1v) is 9.29. The molecule has 0 amide bonds. The number of methoxy groups -OCH3 is 1. The summed E-state index contributed by atoms with van der Waals surface area (Å²) >= 11 is 1.30. The van der Waals surface area contributed by atoms with Crippen LogP contribution in [0.5, 0.6) is 5.75 Å². The molecule has 0 aliphatic heterocycles. The molecule has 0 spiro atoms. The number of hydrogen-bond acceptors (Lipinski definition) is 5. The van der Waals surface area contributed by atoms with E-state index in [1.165, 1.54) is 36.0 Å². The van der Waals surface area contributed by atoms with Crippen molar-refractivity contribution in [2.24, 2.45) is 0 Å². The number of hydrogen-bond donors (Lipinski definition) is 0. The summed E-state index contributed by atoms with van der Waals surface area (Å²) in [6.45, 7) is 2.02. The van der Waals surface area contributed by atoms with Gasteiger partial charge in [-0.15, -0.1) is 10.2 Å². The molecule has 0 aliphatic carbocycles. The van der Waals surface area contributed by atoms with Crippen molar-refractivity contribution in [3.8, 4) is 5.75 Å². The first-order chi connectivity index (χ1) is 13.1. The maximum atomic E-state index is 13.0. The zero-order valence-electron chi connectivity index (χ0n) is 14.8. The first-order valence-electron chi connectivity index (χ1n) is 8.31. The number of aromatic nitrogens is 3. The van der Waals surface area contributed by atoms with Gasteiger partial charge in [0.2, 0.25) is 0 Å². The monoisotopic (exact) mass is 381 g/mol. The van der Waals surface area contributed by atoms with Crippen LogP contribution in [0.1, 0.15) is 15.9 Å². The van der Waals surface area contributed by atoms with E-state index in [4.69, 9.17) is 4.74 Å². The Labute approximate surface area is 159 Å². The van der Waals surface area contributed by atoms with Gasteiger partial charge in [0.05, 0.1) is 18.4 Å². The molecule has 2 aromatic carbocycles. The molecule has 0 N–H and O–H groups in total. The molecule has 2 heterocycles. The number of pyridine rings is 1. The quantitative estimate of drug-likeness (QED) is 0.381. The fourth-order valence-corrected chi connectivity index (χ4v) is 3.82. The molecule has 0 fully saturated rings. The molecule has 2 aromatic heterocycles. The molecule has 0 radical (unpaired) electrons. The van der Waals surface area contributed by atoms with Gasteiger partial charge in [0.25, 0.3) is 0 Å². The van der Waals surface area contributed by atoms with E-state index in [0.717, 1.165) is 22.2 Å². The van der Waals surface area contributed by atoms with Crippen molar-refractivity contribution in [3.05, 3.63) is 65.5 Å². The fraction of sp³-hybridized carbons (Fsp3) is 0.150. The Morgan fingerprint density at radius 1 is 1.15 bits per heavy atom. The molecule has 7 heteroatoms. The summed E-state index contributed by atoms with van der Waals surface area (Å²) in [5.74, 6) is 0.469. The van der Waals surface area contributed by atoms with Crippen molar-refractivity contribution in [3.63, 3.8) is 0 Å². The Hall–Kier alpha value is -2.93. The number of Topliss-reactive ketones (excluding diaryl/α,β-unsaturated/α-hetero) is 1. The molecule has 0 saturated heterocycles. The van der Waals surface area contributed by atoms with Gasteiger partial charge in [-0.2, -0.15) is 0 Å². The molecule has 27 heavy (non-hydrogen) atoms. The molecule has 0 unspecified atom stereocenters. The SMILES string of the molecule is COc1ccc2c(C)cc3nnc(SCC(=O)c4ccc(F)cc4)n3c2c1. The second kappa shape index (κ2) is 7.00. The Kier molecular flexibility index (Phi) is 4.53. The molecular formula is C20H16FN3O2S. The lowest BCUT2D eigenvalue weighted by molar-refractivity contribution is 0.102. The number of aryl methyl sites for hydroxylation is 1. The lowest BCUT2D eigenvalue weighted by atomic mass is 10.1. The number of ether oxygens (including phenoxy) is 1. The fourth-order valence-electron chi connectivity index (χ4n) is 2.97. The average molecular weight is 381 g/mol. The topological polar surface area (TPSA) is 56.5 Å². The highest BCUT2D eigenvalue weighted by atomic mass is 32.2. The second-order valence-electron chi connectivity index (χ2n) is 6.11. The van der Waals surface area contributed by atoms with Crippen molar-refractivity contribution in [1.29, 1.82) is 0 Å². The summed E-state index contributed by atoms with van der Waals surface area (Å²) in [5, 5.41) is 10.2. The number of carbonyl (C=O) groups is 1. The van der Waals surface area contributed by atoms with Crippen molar-refractivity contribution >= 4 is 34.1 Å². The predicted molar refractivity (Wildman–Crippen MR) is 103 cm³/mol. The van der Waals surface area contributed by atoms with Gasteiger partial charge in [-0.1, -0.05) is 11.8 Å². The van der Waals surface area contributed by atoms with E-state index in [1.54, 1.807) is 7.11 Å². The summed E-state index contributed by atoms with van der Waals surface area (Å²) in [6.07, 6.45) is 0. The highest BCUT2D eigenvalue weighted by molar-refractivity contribution is 7.99. The lowest BCUT2D eigenvalue weighted by Gasteiger charge is -2.09. The maximum absolute atomic E-state index is 13.0. The van der Waals surface area contributed by atoms with E-state index in [2.05, 4.69) is 10.2 Å². The minimum Gasteiger partial charge on any atom is -0.497 e. The van der Waals surface area contributed by atoms with E-state index in [1.807, 2.05) is 35.6 Å². The van der Waals surface area contributed by atoms with Gasteiger partial charge in [0.15, 0.2) is 16.6 Å². The van der Waals surface area contributed by atoms with E-state index < -0.39 is 0 Å². The van der Waals surface area contributed by atoms with Crippen LogP contribution >= 0.6 is 11.8 Å². The van der Waals surface area contributed by atoms with Crippen molar-refractivity contribution in [2.75, 3.05) is 12.9 Å². The standard InChI is InChI=1S/C20H16FN3O2S/c1-12-9-19-22-23-20(24(19)17-10-15(26-2)7-8-16(12)17)27-11-18(25)13-3-5-14(21)6-4-13/h3-10H,11H2,1-2H3. The van der Waals surface area contributed by atoms with Crippen molar-refractivity contribution in [2.45, 2.75) is 12.1 Å². The van der Waals surface area contributed by atoms with E-state index in [9.17, 15) is 9.18 Å². The zero-order chi connectivity index (χ0) is 19.0. The molecular weight excluding hydrogens is 365 g/mol. The minimum absolute atomic E-state index is 0.0919. The van der Waals surface area contributed by atoms with Crippen LogP contribution < -0.4 is 4.74 Å². The van der Waals surface area contributed by atoms with Crippen LogP contribution in [0.3, 0.4) is 0 Å². The van der Waals surface area contributed by atoms with Gasteiger partial charge in [-0.25, -0.2) is 4.39 Å². The number of rotatable bonds is 5. The number of benzene rings is 2. The summed E-state index contributed by atoms with van der Waals surface area (Å²) in [6, 6.07) is 13.4. The Bertz CT molecular complexity index is 1160. The number of fused-ring (bicyclic) bond motifs is 3. The smallest absolute Gasteiger partial charge is 0.196 e. The molecule has 0 aliphatic rings. The van der Waals surface area contributed by atoms with Gasteiger partial charge in [-0.05, 0) is 55.0 Å². The van der Waals surface area contributed by atoms with Gasteiger partial charge in [-0.3, -0.25) is 9.20 Å². The van der Waals surface area contributed by atoms with E-state index >= 15 is 0 Å². The van der Waals surface area contributed by atoms with Crippen molar-refractivity contribution < 1.29 is 13.9 Å². The van der Waals surface area contributed by atoms with Crippen LogP contribution in [-0.4, -0.2) is 33.2 Å². The van der Waals surface area contributed by atoms with Crippen LogP contribution in [-0.2, 0) is 0 Å². The van der Waals surface area contributed by atoms with Crippen LogP contribution in [0.25, 0.3) is 16.6 Å². The molecule has 136 valence electrons. The molecule has 4 aromatic rings. The largest absolute Gasteiger partial charge is 0.497 e. The van der Waals surface area contributed by atoms with Crippen molar-refractivity contribution in [1.82, 2.24) is 14.6 Å². The number of ketones is 1. The zero-order valence-corrected chi connectivity index (χ0v) is 15.6. The maximum Gasteiger partial charge on any atom is 0.196 e. The second-order valence-corrected chi connectivity index (χ2v) is 7.05. The minimum atomic E-state index is -0.363. The van der Waals surface area contributed by atoms with Crippen LogP contribution in [0.4, 0.5) is 4.39 Å². The first kappa shape index (κ1) is 17.5. The highest BCUT2D eigenvalue weighted by Gasteiger charge is 2.14. The summed E-state index contributed by atoms with van der Waals surface area (Å²) in [7, 11) is 1.62. The van der Waals surface area contributed by atoms with Crippen LogP contribution in [0.15, 0.2) is 53.7 Å². The van der Waals surface area contributed by atoms with Crippen LogP contribution in [0, 0.1) is 12.7 Å².